The molecule has 3 heterocycles. The summed E-state index contributed by atoms with van der Waals surface area (Å²) in [4.78, 5) is 30.6. The lowest BCUT2D eigenvalue weighted by molar-refractivity contribution is -0.140. The second-order valence-corrected chi connectivity index (χ2v) is 8.12. The fraction of sp³-hybridized carbons (Fsp3) is 0.348. The van der Waals surface area contributed by atoms with Crippen LogP contribution in [0.25, 0.3) is 5.65 Å². The molecule has 154 valence electrons. The van der Waals surface area contributed by atoms with Gasteiger partial charge >= 0.3 is 0 Å². The molecule has 7 heteroatoms. The van der Waals surface area contributed by atoms with Crippen LogP contribution >= 0.6 is 0 Å². The number of nitrogens with one attached hydrogen (secondary N) is 1. The molecule has 0 unspecified atom stereocenters. The predicted molar refractivity (Wildman–Crippen MR) is 111 cm³/mol. The number of likely N-dealkylation sites (tertiary alicyclic amines) is 1. The van der Waals surface area contributed by atoms with Crippen molar-refractivity contribution >= 4 is 17.5 Å². The van der Waals surface area contributed by atoms with Gasteiger partial charge in [-0.2, -0.15) is 0 Å². The van der Waals surface area contributed by atoms with Crippen LogP contribution in [0, 0.1) is 5.92 Å². The number of carbonyl (C=O) groups is 2. The lowest BCUT2D eigenvalue weighted by Crippen LogP contribution is -2.56. The number of amides is 2. The van der Waals surface area contributed by atoms with Gasteiger partial charge in [-0.05, 0) is 60.7 Å². The summed E-state index contributed by atoms with van der Waals surface area (Å²) < 4.78 is 7.84. The third-order valence-corrected chi connectivity index (χ3v) is 5.70. The van der Waals surface area contributed by atoms with Gasteiger partial charge in [0.1, 0.15) is 17.5 Å². The number of rotatable bonds is 7. The molecule has 1 aliphatic carbocycles. The molecule has 5 rings (SSSR count). The highest BCUT2D eigenvalue weighted by molar-refractivity contribution is 5.94. The zero-order valence-electron chi connectivity index (χ0n) is 16.7. The third kappa shape index (κ3) is 4.15. The zero-order chi connectivity index (χ0) is 20.5. The SMILES string of the molecule is O=C(NCc1ccn2ccnc2c1)c1ccc(OC2CN(C(=O)CC3CC3)C2)cc1. The van der Waals surface area contributed by atoms with E-state index < -0.39 is 0 Å². The van der Waals surface area contributed by atoms with Gasteiger partial charge < -0.3 is 19.4 Å². The number of carbonyl (C=O) groups excluding carboxylic acids is 2. The van der Waals surface area contributed by atoms with E-state index in [1.54, 1.807) is 30.5 Å². The molecular formula is C23H24N4O3. The van der Waals surface area contributed by atoms with Crippen molar-refractivity contribution in [2.75, 3.05) is 13.1 Å². The highest BCUT2D eigenvalue weighted by Crippen LogP contribution is 2.33. The van der Waals surface area contributed by atoms with Gasteiger partial charge in [0.25, 0.3) is 5.91 Å². The van der Waals surface area contributed by atoms with Crippen molar-refractivity contribution in [3.63, 3.8) is 0 Å². The Morgan fingerprint density at radius 2 is 1.90 bits per heavy atom. The average Bonchev–Trinajstić information content (AvgIpc) is 3.41. The summed E-state index contributed by atoms with van der Waals surface area (Å²) in [5.41, 5.74) is 2.43. The third-order valence-electron chi connectivity index (χ3n) is 5.70. The molecule has 0 atom stereocenters. The molecule has 1 aromatic carbocycles. The van der Waals surface area contributed by atoms with Crippen LogP contribution in [-0.4, -0.2) is 45.3 Å². The molecule has 1 aliphatic heterocycles. The molecule has 2 fully saturated rings. The van der Waals surface area contributed by atoms with Crippen LogP contribution < -0.4 is 10.1 Å². The Bertz CT molecular complexity index is 1070. The second-order valence-electron chi connectivity index (χ2n) is 8.12. The molecule has 0 spiro atoms. The minimum absolute atomic E-state index is 0.0328. The maximum absolute atomic E-state index is 12.4. The van der Waals surface area contributed by atoms with Crippen molar-refractivity contribution < 1.29 is 14.3 Å². The molecular weight excluding hydrogens is 380 g/mol. The molecule has 0 radical (unpaired) electrons. The van der Waals surface area contributed by atoms with Gasteiger partial charge in [0.2, 0.25) is 5.91 Å². The highest BCUT2D eigenvalue weighted by atomic mass is 16.5. The summed E-state index contributed by atoms with van der Waals surface area (Å²) >= 11 is 0. The second kappa shape index (κ2) is 7.82. The number of aromatic nitrogens is 2. The Balaban J connectivity index is 1.09. The lowest BCUT2D eigenvalue weighted by atomic mass is 10.1. The van der Waals surface area contributed by atoms with Crippen molar-refractivity contribution in [3.8, 4) is 5.75 Å². The van der Waals surface area contributed by atoms with Crippen molar-refractivity contribution in [2.24, 2.45) is 5.92 Å². The molecule has 1 saturated carbocycles. The number of nitrogens with zero attached hydrogens (tertiary/aromatic N) is 3. The van der Waals surface area contributed by atoms with Gasteiger partial charge in [-0.3, -0.25) is 9.59 Å². The van der Waals surface area contributed by atoms with Gasteiger partial charge in [-0.1, -0.05) is 0 Å². The lowest BCUT2D eigenvalue weighted by Gasteiger charge is -2.39. The first-order chi connectivity index (χ1) is 14.6. The number of pyridine rings is 1. The maximum Gasteiger partial charge on any atom is 0.251 e. The van der Waals surface area contributed by atoms with Crippen molar-refractivity contribution in [1.29, 1.82) is 0 Å². The normalized spacial score (nSPS) is 16.3. The summed E-state index contributed by atoms with van der Waals surface area (Å²) in [5, 5.41) is 2.93. The number of ether oxygens (including phenoxy) is 1. The molecule has 1 N–H and O–H groups in total. The molecule has 0 bridgehead atoms. The maximum atomic E-state index is 12.4. The van der Waals surface area contributed by atoms with E-state index in [1.807, 2.05) is 33.8 Å². The molecule has 7 nitrogen and oxygen atoms in total. The average molecular weight is 404 g/mol. The zero-order valence-corrected chi connectivity index (χ0v) is 16.7. The summed E-state index contributed by atoms with van der Waals surface area (Å²) in [5.74, 6) is 1.45. The molecule has 3 aromatic rings. The van der Waals surface area contributed by atoms with E-state index in [2.05, 4.69) is 10.3 Å². The Labute approximate surface area is 174 Å². The molecule has 30 heavy (non-hydrogen) atoms. The molecule has 1 saturated heterocycles. The van der Waals surface area contributed by atoms with Crippen LogP contribution in [0.4, 0.5) is 0 Å². The molecule has 2 aromatic heterocycles. The summed E-state index contributed by atoms with van der Waals surface area (Å²) in [7, 11) is 0. The monoisotopic (exact) mass is 404 g/mol. The largest absolute Gasteiger partial charge is 0.487 e. The summed E-state index contributed by atoms with van der Waals surface area (Å²) in [6.45, 7) is 1.73. The van der Waals surface area contributed by atoms with Gasteiger partial charge in [0, 0.05) is 37.1 Å². The van der Waals surface area contributed by atoms with Crippen LogP contribution in [0.15, 0.2) is 55.0 Å². The Morgan fingerprint density at radius 1 is 1.10 bits per heavy atom. The van der Waals surface area contributed by atoms with Gasteiger partial charge in [0.15, 0.2) is 0 Å². The number of fused-ring (bicyclic) bond motifs is 1. The van der Waals surface area contributed by atoms with Gasteiger partial charge in [-0.25, -0.2) is 4.98 Å². The first kappa shape index (κ1) is 18.7. The van der Waals surface area contributed by atoms with E-state index in [4.69, 9.17) is 4.74 Å². The van der Waals surface area contributed by atoms with E-state index in [1.165, 1.54) is 12.8 Å². The van der Waals surface area contributed by atoms with Crippen LogP contribution in [0.3, 0.4) is 0 Å². The number of hydrogen-bond acceptors (Lipinski definition) is 4. The Morgan fingerprint density at radius 3 is 2.67 bits per heavy atom. The van der Waals surface area contributed by atoms with E-state index in [9.17, 15) is 9.59 Å². The smallest absolute Gasteiger partial charge is 0.251 e. The fourth-order valence-corrected chi connectivity index (χ4v) is 3.64. The summed E-state index contributed by atoms with van der Waals surface area (Å²) in [6, 6.07) is 11.0. The van der Waals surface area contributed by atoms with Crippen LogP contribution in [0.1, 0.15) is 35.2 Å². The standard InChI is InChI=1S/C23H24N4O3/c28-22(12-16-1-2-16)27-14-20(15-27)30-19-5-3-18(4-6-19)23(29)25-13-17-7-9-26-10-8-24-21(26)11-17/h3-11,16,20H,1-2,12-15H2,(H,25,29). The first-order valence-electron chi connectivity index (χ1n) is 10.4. The van der Waals surface area contributed by atoms with Crippen LogP contribution in [-0.2, 0) is 11.3 Å². The van der Waals surface area contributed by atoms with E-state index in [0.717, 1.165) is 17.0 Å². The minimum Gasteiger partial charge on any atom is -0.487 e. The predicted octanol–water partition coefficient (Wildman–Crippen LogP) is 2.65. The first-order valence-corrected chi connectivity index (χ1v) is 10.4. The number of hydrogen-bond donors (Lipinski definition) is 1. The van der Waals surface area contributed by atoms with Crippen molar-refractivity contribution in [2.45, 2.75) is 31.9 Å². The van der Waals surface area contributed by atoms with Gasteiger partial charge in [-0.15, -0.1) is 0 Å². The fourth-order valence-electron chi connectivity index (χ4n) is 3.64. The number of benzene rings is 1. The van der Waals surface area contributed by atoms with Crippen molar-refractivity contribution in [3.05, 3.63) is 66.1 Å². The number of imidazole rings is 1. The Kier molecular flexibility index (Phi) is 4.86. The molecule has 2 aliphatic rings. The van der Waals surface area contributed by atoms with E-state index in [0.29, 0.717) is 37.5 Å². The van der Waals surface area contributed by atoms with Crippen LogP contribution in [0.2, 0.25) is 0 Å². The molecule has 2 amide bonds. The van der Waals surface area contributed by atoms with Crippen molar-refractivity contribution in [1.82, 2.24) is 19.6 Å². The topological polar surface area (TPSA) is 75.9 Å². The van der Waals surface area contributed by atoms with E-state index >= 15 is 0 Å². The highest BCUT2D eigenvalue weighted by Gasteiger charge is 2.35. The quantitative estimate of drug-likeness (QED) is 0.657. The minimum atomic E-state index is -0.134. The van der Waals surface area contributed by atoms with Gasteiger partial charge in [0.05, 0.1) is 13.1 Å². The van der Waals surface area contributed by atoms with Crippen LogP contribution in [0.5, 0.6) is 5.75 Å². The summed E-state index contributed by atoms with van der Waals surface area (Å²) in [6.07, 6.45) is 8.66. The van der Waals surface area contributed by atoms with E-state index in [-0.39, 0.29) is 17.9 Å². The Hall–Kier alpha value is -3.35.